The molecular formula is C13H17NO. The highest BCUT2D eigenvalue weighted by molar-refractivity contribution is 5.93. The molecule has 0 aliphatic carbocycles. The highest BCUT2D eigenvalue weighted by atomic mass is 16.2. The summed E-state index contributed by atoms with van der Waals surface area (Å²) >= 11 is 0. The molecule has 0 spiro atoms. The van der Waals surface area contributed by atoms with E-state index in [-0.39, 0.29) is 0 Å². The molecule has 0 unspecified atom stereocenters. The Morgan fingerprint density at radius 1 is 1.00 bits per heavy atom. The summed E-state index contributed by atoms with van der Waals surface area (Å²) in [5.74, 6) is 0. The highest BCUT2D eigenvalue weighted by Gasteiger charge is 1.96. The fraction of sp³-hybridized carbons (Fsp3) is 0.231. The van der Waals surface area contributed by atoms with Gasteiger partial charge < -0.3 is 10.4 Å². The number of hydrogen-bond acceptors (Lipinski definition) is 2. The van der Waals surface area contributed by atoms with Crippen LogP contribution in [0, 0.1) is 0 Å². The molecule has 0 aromatic heterocycles. The van der Waals surface area contributed by atoms with Crippen molar-refractivity contribution in [2.24, 2.45) is 0 Å². The smallest absolute Gasteiger partial charge is 0.0419 e. The average Bonchev–Trinajstić information content (AvgIpc) is 2.33. The topological polar surface area (TPSA) is 32.3 Å². The van der Waals surface area contributed by atoms with Crippen molar-refractivity contribution < 1.29 is 5.11 Å². The number of fused-ring (bicyclic) bond motifs is 1. The van der Waals surface area contributed by atoms with Gasteiger partial charge in [-0.3, -0.25) is 0 Å². The molecule has 0 saturated heterocycles. The fourth-order valence-electron chi connectivity index (χ4n) is 1.57. The van der Waals surface area contributed by atoms with E-state index in [1.54, 1.807) is 0 Å². The Bertz CT molecular complexity index is 407. The summed E-state index contributed by atoms with van der Waals surface area (Å²) in [4.78, 5) is 0. The van der Waals surface area contributed by atoms with Crippen molar-refractivity contribution >= 4 is 16.5 Å². The molecule has 0 heterocycles. The minimum absolute atomic E-state index is 0.966. The summed E-state index contributed by atoms with van der Waals surface area (Å²) in [6.07, 6.45) is 0. The maximum Gasteiger partial charge on any atom is 0.0419 e. The zero-order chi connectivity index (χ0) is 11.1. The van der Waals surface area contributed by atoms with Crippen molar-refractivity contribution in [1.82, 2.24) is 0 Å². The summed E-state index contributed by atoms with van der Waals surface area (Å²) in [5.41, 5.74) is 1.22. The van der Waals surface area contributed by atoms with Crippen LogP contribution in [0.2, 0.25) is 0 Å². The Kier molecular flexibility index (Phi) is 4.64. The first-order chi connectivity index (χ1) is 7.42. The van der Waals surface area contributed by atoms with Crippen molar-refractivity contribution in [3.8, 4) is 0 Å². The van der Waals surface area contributed by atoms with E-state index in [1.165, 1.54) is 16.5 Å². The molecular weight excluding hydrogens is 186 g/mol. The van der Waals surface area contributed by atoms with Crippen LogP contribution in [0.4, 0.5) is 5.69 Å². The van der Waals surface area contributed by atoms with Gasteiger partial charge in [0, 0.05) is 24.7 Å². The Hall–Kier alpha value is -1.54. The monoisotopic (exact) mass is 203 g/mol. The van der Waals surface area contributed by atoms with Gasteiger partial charge in [-0.25, -0.2) is 0 Å². The van der Waals surface area contributed by atoms with Crippen LogP contribution < -0.4 is 5.32 Å². The fourth-order valence-corrected chi connectivity index (χ4v) is 1.57. The lowest BCUT2D eigenvalue weighted by atomic mass is 10.1. The van der Waals surface area contributed by atoms with Crippen LogP contribution in [0.5, 0.6) is 0 Å². The van der Waals surface area contributed by atoms with Gasteiger partial charge in [0.1, 0.15) is 0 Å². The largest absolute Gasteiger partial charge is 0.400 e. The second-order valence-electron chi connectivity index (χ2n) is 3.06. The van der Waals surface area contributed by atoms with Gasteiger partial charge in [-0.15, -0.1) is 0 Å². The number of anilines is 1. The molecule has 0 aliphatic heterocycles. The molecule has 2 aromatic rings. The van der Waals surface area contributed by atoms with Gasteiger partial charge in [-0.1, -0.05) is 36.4 Å². The second kappa shape index (κ2) is 6.04. The SMILES string of the molecule is CCNc1cccc2ccccc12.CO. The van der Waals surface area contributed by atoms with Crippen LogP contribution >= 0.6 is 0 Å². The molecule has 15 heavy (non-hydrogen) atoms. The van der Waals surface area contributed by atoms with Crippen LogP contribution in [-0.2, 0) is 0 Å². The van der Waals surface area contributed by atoms with Crippen LogP contribution in [0.15, 0.2) is 42.5 Å². The van der Waals surface area contributed by atoms with Gasteiger partial charge in [0.25, 0.3) is 0 Å². The first kappa shape index (κ1) is 11.5. The van der Waals surface area contributed by atoms with E-state index in [2.05, 4.69) is 54.7 Å². The molecule has 2 heteroatoms. The predicted octanol–water partition coefficient (Wildman–Crippen LogP) is 2.88. The molecule has 2 N–H and O–H groups in total. The molecule has 0 bridgehead atoms. The molecule has 2 rings (SSSR count). The molecule has 2 aromatic carbocycles. The van der Waals surface area contributed by atoms with Gasteiger partial charge in [0.05, 0.1) is 0 Å². The number of rotatable bonds is 2. The van der Waals surface area contributed by atoms with Gasteiger partial charge in [-0.2, -0.15) is 0 Å². The van der Waals surface area contributed by atoms with Gasteiger partial charge in [-0.05, 0) is 18.4 Å². The molecule has 0 atom stereocenters. The lowest BCUT2D eigenvalue weighted by Gasteiger charge is -2.06. The molecule has 0 saturated carbocycles. The zero-order valence-corrected chi connectivity index (χ0v) is 9.20. The normalized spacial score (nSPS) is 9.27. The Morgan fingerprint density at radius 2 is 1.67 bits per heavy atom. The maximum atomic E-state index is 7.00. The number of nitrogens with one attached hydrogen (secondary N) is 1. The van der Waals surface area contributed by atoms with Crippen LogP contribution in [0.1, 0.15) is 6.92 Å². The average molecular weight is 203 g/mol. The summed E-state index contributed by atoms with van der Waals surface area (Å²) in [7, 11) is 1.00. The summed E-state index contributed by atoms with van der Waals surface area (Å²) in [6.45, 7) is 3.08. The third kappa shape index (κ3) is 2.70. The minimum Gasteiger partial charge on any atom is -0.400 e. The summed E-state index contributed by atoms with van der Waals surface area (Å²) in [6, 6.07) is 14.8. The van der Waals surface area contributed by atoms with E-state index in [9.17, 15) is 0 Å². The third-order valence-corrected chi connectivity index (χ3v) is 2.16. The Balaban J connectivity index is 0.000000531. The molecule has 0 fully saturated rings. The number of aliphatic hydroxyl groups is 1. The van der Waals surface area contributed by atoms with E-state index >= 15 is 0 Å². The molecule has 0 aliphatic rings. The van der Waals surface area contributed by atoms with Crippen molar-refractivity contribution in [2.75, 3.05) is 19.0 Å². The molecule has 80 valence electrons. The van der Waals surface area contributed by atoms with Crippen molar-refractivity contribution in [1.29, 1.82) is 0 Å². The van der Waals surface area contributed by atoms with E-state index in [4.69, 9.17) is 5.11 Å². The van der Waals surface area contributed by atoms with E-state index < -0.39 is 0 Å². The predicted molar refractivity (Wildman–Crippen MR) is 66.3 cm³/mol. The quantitative estimate of drug-likeness (QED) is 0.786. The Morgan fingerprint density at radius 3 is 2.40 bits per heavy atom. The van der Waals surface area contributed by atoms with E-state index in [1.807, 2.05) is 0 Å². The van der Waals surface area contributed by atoms with Crippen molar-refractivity contribution in [3.05, 3.63) is 42.5 Å². The standard InChI is InChI=1S/C12H13N.CH4O/c1-2-13-12-9-5-7-10-6-3-4-8-11(10)12;1-2/h3-9,13H,2H2,1H3;2H,1H3. The molecule has 0 amide bonds. The van der Waals surface area contributed by atoms with Crippen LogP contribution in [0.25, 0.3) is 10.8 Å². The zero-order valence-electron chi connectivity index (χ0n) is 9.20. The lowest BCUT2D eigenvalue weighted by Crippen LogP contribution is -1.96. The van der Waals surface area contributed by atoms with E-state index in [0.29, 0.717) is 0 Å². The summed E-state index contributed by atoms with van der Waals surface area (Å²) < 4.78 is 0. The van der Waals surface area contributed by atoms with Crippen LogP contribution in [0.3, 0.4) is 0 Å². The number of hydrogen-bond donors (Lipinski definition) is 2. The van der Waals surface area contributed by atoms with Crippen LogP contribution in [-0.4, -0.2) is 18.8 Å². The van der Waals surface area contributed by atoms with Crippen molar-refractivity contribution in [3.63, 3.8) is 0 Å². The summed E-state index contributed by atoms with van der Waals surface area (Å²) in [5, 5.41) is 12.9. The molecule has 2 nitrogen and oxygen atoms in total. The van der Waals surface area contributed by atoms with Gasteiger partial charge in [0.2, 0.25) is 0 Å². The van der Waals surface area contributed by atoms with Crippen molar-refractivity contribution in [2.45, 2.75) is 6.92 Å². The van der Waals surface area contributed by atoms with E-state index in [0.717, 1.165) is 13.7 Å². The second-order valence-corrected chi connectivity index (χ2v) is 3.06. The first-order valence-corrected chi connectivity index (χ1v) is 5.08. The van der Waals surface area contributed by atoms with Gasteiger partial charge in [0.15, 0.2) is 0 Å². The van der Waals surface area contributed by atoms with Gasteiger partial charge >= 0.3 is 0 Å². The highest BCUT2D eigenvalue weighted by Crippen LogP contribution is 2.22. The number of benzene rings is 2. The Labute approximate surface area is 90.6 Å². The third-order valence-electron chi connectivity index (χ3n) is 2.16. The lowest BCUT2D eigenvalue weighted by molar-refractivity contribution is 0.399. The number of aliphatic hydroxyl groups excluding tert-OH is 1. The minimum atomic E-state index is 0.966. The first-order valence-electron chi connectivity index (χ1n) is 5.08. The molecule has 0 radical (unpaired) electrons. The maximum absolute atomic E-state index is 7.00.